The summed E-state index contributed by atoms with van der Waals surface area (Å²) in [6, 6.07) is 0. The maximum atomic E-state index is 2.40. The van der Waals surface area contributed by atoms with E-state index in [9.17, 15) is 0 Å². The normalized spacial score (nSPS) is 14.8. The van der Waals surface area contributed by atoms with E-state index < -0.39 is 0 Å². The molecule has 0 aromatic rings. The minimum absolute atomic E-state index is 0.954. The molecule has 0 saturated heterocycles. The molecule has 2 unspecified atom stereocenters. The molecule has 0 fully saturated rings. The zero-order chi connectivity index (χ0) is 14.5. The second kappa shape index (κ2) is 13.0. The standard InChI is InChI=1S/C19H39/c1-6-10-12-18(8-3)15-14-17(5)16-19(9-4)13-11-7-2/h18-19H,6-16H2,1-5H3. The fraction of sp³-hybridized carbons (Fsp3) is 0.947. The van der Waals surface area contributed by atoms with Gasteiger partial charge < -0.3 is 0 Å². The predicted octanol–water partition coefficient (Wildman–Crippen LogP) is 7.18. The molecule has 0 heteroatoms. The number of hydrogen-bond donors (Lipinski definition) is 0. The van der Waals surface area contributed by atoms with Crippen LogP contribution in [-0.2, 0) is 0 Å². The van der Waals surface area contributed by atoms with Crippen LogP contribution in [0, 0.1) is 17.8 Å². The Morgan fingerprint density at radius 1 is 0.737 bits per heavy atom. The van der Waals surface area contributed by atoms with Gasteiger partial charge in [0.15, 0.2) is 0 Å². The maximum Gasteiger partial charge on any atom is -0.0269 e. The number of unbranched alkanes of at least 4 members (excludes halogenated alkanes) is 2. The summed E-state index contributed by atoms with van der Waals surface area (Å²) < 4.78 is 0. The largest absolute Gasteiger partial charge is 0.0654 e. The Labute approximate surface area is 123 Å². The molecule has 0 aliphatic rings. The molecule has 0 rings (SSSR count). The smallest absolute Gasteiger partial charge is 0.0269 e. The average molecular weight is 268 g/mol. The Morgan fingerprint density at radius 2 is 1.26 bits per heavy atom. The summed E-state index contributed by atoms with van der Waals surface area (Å²) in [4.78, 5) is 0. The van der Waals surface area contributed by atoms with Gasteiger partial charge in [0, 0.05) is 0 Å². The summed E-state index contributed by atoms with van der Waals surface area (Å²) in [5.41, 5.74) is 0. The first-order valence-corrected chi connectivity index (χ1v) is 8.99. The lowest BCUT2D eigenvalue weighted by molar-refractivity contribution is 0.384. The molecule has 0 nitrogen and oxygen atoms in total. The van der Waals surface area contributed by atoms with E-state index in [1.165, 1.54) is 70.6 Å². The van der Waals surface area contributed by atoms with E-state index in [0.717, 1.165) is 11.8 Å². The van der Waals surface area contributed by atoms with Crippen molar-refractivity contribution in [2.75, 3.05) is 0 Å². The highest BCUT2D eigenvalue weighted by Crippen LogP contribution is 2.28. The van der Waals surface area contributed by atoms with Crippen LogP contribution in [0.1, 0.15) is 105 Å². The van der Waals surface area contributed by atoms with Gasteiger partial charge in [0.1, 0.15) is 0 Å². The molecule has 0 aromatic carbocycles. The van der Waals surface area contributed by atoms with Crippen molar-refractivity contribution in [2.45, 2.75) is 105 Å². The van der Waals surface area contributed by atoms with Crippen molar-refractivity contribution >= 4 is 0 Å². The molecule has 0 N–H and O–H groups in total. The Hall–Kier alpha value is 0. The highest BCUT2D eigenvalue weighted by atomic mass is 14.2. The first-order chi connectivity index (χ1) is 9.17. The summed E-state index contributed by atoms with van der Waals surface area (Å²) in [6.07, 6.45) is 15.4. The van der Waals surface area contributed by atoms with Gasteiger partial charge in [0.25, 0.3) is 0 Å². The van der Waals surface area contributed by atoms with Crippen LogP contribution in [0.25, 0.3) is 0 Å². The Balaban J connectivity index is 3.83. The van der Waals surface area contributed by atoms with Crippen LogP contribution in [0.15, 0.2) is 0 Å². The summed E-state index contributed by atoms with van der Waals surface area (Å²) in [6.45, 7) is 11.8. The number of hydrogen-bond acceptors (Lipinski definition) is 0. The van der Waals surface area contributed by atoms with Crippen LogP contribution in [-0.4, -0.2) is 0 Å². The van der Waals surface area contributed by atoms with Gasteiger partial charge in [-0.05, 0) is 37.0 Å². The van der Waals surface area contributed by atoms with Crippen molar-refractivity contribution in [3.63, 3.8) is 0 Å². The summed E-state index contributed by atoms with van der Waals surface area (Å²) in [7, 11) is 0. The average Bonchev–Trinajstić information content (AvgIpc) is 2.43. The van der Waals surface area contributed by atoms with Crippen molar-refractivity contribution in [3.8, 4) is 0 Å². The molecule has 0 aliphatic carbocycles. The second-order valence-electron chi connectivity index (χ2n) is 6.53. The van der Waals surface area contributed by atoms with Crippen molar-refractivity contribution in [1.82, 2.24) is 0 Å². The van der Waals surface area contributed by atoms with E-state index in [1.807, 2.05) is 0 Å². The molecule has 19 heavy (non-hydrogen) atoms. The summed E-state index contributed by atoms with van der Waals surface area (Å²) in [5.74, 6) is 3.69. The Kier molecular flexibility index (Phi) is 13.0. The molecule has 0 spiro atoms. The molecule has 0 aromatic heterocycles. The van der Waals surface area contributed by atoms with E-state index in [1.54, 1.807) is 5.92 Å². The monoisotopic (exact) mass is 267 g/mol. The van der Waals surface area contributed by atoms with E-state index >= 15 is 0 Å². The first kappa shape index (κ1) is 19.0. The van der Waals surface area contributed by atoms with E-state index in [-0.39, 0.29) is 0 Å². The molecule has 0 saturated carbocycles. The lowest BCUT2D eigenvalue weighted by Gasteiger charge is -2.21. The molecule has 0 heterocycles. The SMILES string of the molecule is CCCCC(CC)CC[C](C)CC(CC)CCCC. The van der Waals surface area contributed by atoms with Gasteiger partial charge in [-0.15, -0.1) is 0 Å². The molecule has 0 aliphatic heterocycles. The van der Waals surface area contributed by atoms with Crippen molar-refractivity contribution < 1.29 is 0 Å². The van der Waals surface area contributed by atoms with Crippen molar-refractivity contribution in [2.24, 2.45) is 11.8 Å². The van der Waals surface area contributed by atoms with Crippen LogP contribution >= 0.6 is 0 Å². The third kappa shape index (κ3) is 10.4. The lowest BCUT2D eigenvalue weighted by Crippen LogP contribution is -2.07. The summed E-state index contributed by atoms with van der Waals surface area (Å²) >= 11 is 0. The topological polar surface area (TPSA) is 0 Å². The minimum Gasteiger partial charge on any atom is -0.0654 e. The molecule has 0 amide bonds. The minimum atomic E-state index is 0.954. The van der Waals surface area contributed by atoms with Gasteiger partial charge in [0.2, 0.25) is 0 Å². The molecule has 1 radical (unpaired) electrons. The quantitative estimate of drug-likeness (QED) is 0.331. The van der Waals surface area contributed by atoms with E-state index in [4.69, 9.17) is 0 Å². The van der Waals surface area contributed by atoms with Crippen LogP contribution in [0.2, 0.25) is 0 Å². The van der Waals surface area contributed by atoms with Crippen molar-refractivity contribution in [3.05, 3.63) is 5.92 Å². The van der Waals surface area contributed by atoms with Gasteiger partial charge in [-0.25, -0.2) is 0 Å². The van der Waals surface area contributed by atoms with E-state index in [0.29, 0.717) is 0 Å². The van der Waals surface area contributed by atoms with Gasteiger partial charge in [-0.1, -0.05) is 86.0 Å². The van der Waals surface area contributed by atoms with Gasteiger partial charge in [-0.3, -0.25) is 0 Å². The lowest BCUT2D eigenvalue weighted by atomic mass is 9.84. The van der Waals surface area contributed by atoms with Gasteiger partial charge in [0.05, 0.1) is 0 Å². The van der Waals surface area contributed by atoms with Crippen LogP contribution in [0.4, 0.5) is 0 Å². The van der Waals surface area contributed by atoms with Crippen LogP contribution in [0.3, 0.4) is 0 Å². The molecular formula is C19H39. The fourth-order valence-electron chi connectivity index (χ4n) is 3.03. The third-order valence-electron chi connectivity index (χ3n) is 4.70. The highest BCUT2D eigenvalue weighted by molar-refractivity contribution is 4.87. The fourth-order valence-corrected chi connectivity index (χ4v) is 3.03. The van der Waals surface area contributed by atoms with E-state index in [2.05, 4.69) is 34.6 Å². The molecule has 0 bridgehead atoms. The number of rotatable bonds is 13. The molecular weight excluding hydrogens is 228 g/mol. The zero-order valence-corrected chi connectivity index (χ0v) is 14.4. The Morgan fingerprint density at radius 3 is 1.74 bits per heavy atom. The van der Waals surface area contributed by atoms with Gasteiger partial charge >= 0.3 is 0 Å². The second-order valence-corrected chi connectivity index (χ2v) is 6.53. The van der Waals surface area contributed by atoms with Crippen LogP contribution < -0.4 is 0 Å². The highest BCUT2D eigenvalue weighted by Gasteiger charge is 2.14. The third-order valence-corrected chi connectivity index (χ3v) is 4.70. The first-order valence-electron chi connectivity index (χ1n) is 8.99. The molecule has 115 valence electrons. The summed E-state index contributed by atoms with van der Waals surface area (Å²) in [5, 5.41) is 0. The van der Waals surface area contributed by atoms with Crippen LogP contribution in [0.5, 0.6) is 0 Å². The van der Waals surface area contributed by atoms with Gasteiger partial charge in [-0.2, -0.15) is 0 Å². The molecule has 2 atom stereocenters. The van der Waals surface area contributed by atoms with Crippen molar-refractivity contribution in [1.29, 1.82) is 0 Å². The zero-order valence-electron chi connectivity index (χ0n) is 14.4. The Bertz CT molecular complexity index is 173. The maximum absolute atomic E-state index is 2.40. The predicted molar refractivity (Wildman–Crippen MR) is 89.4 cm³/mol.